The van der Waals surface area contributed by atoms with Gasteiger partial charge in [0.15, 0.2) is 6.29 Å². The second-order valence-corrected chi connectivity index (χ2v) is 9.75. The van der Waals surface area contributed by atoms with Crippen molar-refractivity contribution in [3.05, 3.63) is 72.3 Å². The van der Waals surface area contributed by atoms with E-state index in [1.165, 1.54) is 11.0 Å². The molecule has 0 saturated carbocycles. The van der Waals surface area contributed by atoms with Crippen molar-refractivity contribution in [3.8, 4) is 11.1 Å². The molecule has 0 aromatic heterocycles. The first-order chi connectivity index (χ1) is 17.4. The molecule has 2 aromatic rings. The van der Waals surface area contributed by atoms with Gasteiger partial charge < -0.3 is 19.5 Å². The number of carbonyl (C=O) groups excluding carboxylic acids is 2. The van der Waals surface area contributed by atoms with Gasteiger partial charge in [0, 0.05) is 32.5 Å². The minimum absolute atomic E-state index is 0.0422. The molecular weight excluding hydrogens is 456 g/mol. The Morgan fingerprint density at radius 2 is 1.69 bits per heavy atom. The van der Waals surface area contributed by atoms with Crippen LogP contribution in [0, 0.1) is 5.92 Å². The second kappa shape index (κ2) is 11.7. The smallest absolute Gasteiger partial charge is 0.410 e. The molecule has 1 unspecified atom stereocenters. The van der Waals surface area contributed by atoms with E-state index in [1.54, 1.807) is 11.9 Å². The van der Waals surface area contributed by atoms with Crippen molar-refractivity contribution >= 4 is 12.0 Å². The monoisotopic (exact) mass is 492 g/mol. The number of aliphatic hydroxyl groups is 1. The third-order valence-electron chi connectivity index (χ3n) is 7.30. The van der Waals surface area contributed by atoms with Gasteiger partial charge in [-0.3, -0.25) is 9.69 Å². The molecule has 1 fully saturated rings. The van der Waals surface area contributed by atoms with E-state index in [0.717, 1.165) is 35.1 Å². The topological polar surface area (TPSA) is 79.3 Å². The van der Waals surface area contributed by atoms with Gasteiger partial charge in [-0.25, -0.2) is 4.79 Å². The van der Waals surface area contributed by atoms with E-state index in [9.17, 15) is 14.7 Å². The molecule has 1 aliphatic heterocycles. The number of amides is 2. The predicted octanol–water partition coefficient (Wildman–Crippen LogP) is 4.41. The average molecular weight is 493 g/mol. The van der Waals surface area contributed by atoms with Crippen LogP contribution in [-0.2, 0) is 14.3 Å². The Balaban J connectivity index is 1.47. The van der Waals surface area contributed by atoms with E-state index in [4.69, 9.17) is 9.47 Å². The van der Waals surface area contributed by atoms with Gasteiger partial charge in [-0.1, -0.05) is 61.5 Å². The standard InChI is InChI=1S/C29H36N2O5/c1-4-17-35-27(32)18-26(28(33)31-15-13-20(2)14-16-31)30(3)29(34)36-19-25-23-11-7-5-9-21(23)22-10-6-8-12-24(22)25/h4-12,20,25-27,32H,1,13-19H2,2-3H3/t26-,27?/m0/s1. The zero-order valence-electron chi connectivity index (χ0n) is 21.1. The largest absolute Gasteiger partial charge is 0.448 e. The minimum atomic E-state index is -1.20. The molecule has 7 nitrogen and oxygen atoms in total. The highest BCUT2D eigenvalue weighted by atomic mass is 16.6. The summed E-state index contributed by atoms with van der Waals surface area (Å²) in [5.74, 6) is 0.294. The number of piperidine rings is 1. The van der Waals surface area contributed by atoms with Crippen LogP contribution in [0.4, 0.5) is 4.79 Å². The Morgan fingerprint density at radius 1 is 1.11 bits per heavy atom. The van der Waals surface area contributed by atoms with Gasteiger partial charge in [0.1, 0.15) is 12.6 Å². The van der Waals surface area contributed by atoms with Crippen LogP contribution >= 0.6 is 0 Å². The fraction of sp³-hybridized carbons (Fsp3) is 0.448. The Bertz CT molecular complexity index is 1030. The van der Waals surface area contributed by atoms with Gasteiger partial charge in [-0.15, -0.1) is 6.58 Å². The van der Waals surface area contributed by atoms with Crippen molar-refractivity contribution in [2.45, 2.75) is 44.4 Å². The summed E-state index contributed by atoms with van der Waals surface area (Å²) >= 11 is 0. The summed E-state index contributed by atoms with van der Waals surface area (Å²) in [6, 6.07) is 15.4. The predicted molar refractivity (Wildman–Crippen MR) is 138 cm³/mol. The highest BCUT2D eigenvalue weighted by Gasteiger charge is 2.36. The summed E-state index contributed by atoms with van der Waals surface area (Å²) < 4.78 is 11.1. The molecule has 7 heteroatoms. The van der Waals surface area contributed by atoms with Crippen molar-refractivity contribution < 1.29 is 24.2 Å². The summed E-state index contributed by atoms with van der Waals surface area (Å²) in [6.07, 6.45) is 1.52. The molecule has 4 rings (SSSR count). The number of aliphatic hydroxyl groups excluding tert-OH is 1. The summed E-state index contributed by atoms with van der Waals surface area (Å²) in [5.41, 5.74) is 4.55. The van der Waals surface area contributed by atoms with Gasteiger partial charge in [0.05, 0.1) is 6.61 Å². The molecule has 1 saturated heterocycles. The van der Waals surface area contributed by atoms with Crippen LogP contribution in [0.25, 0.3) is 11.1 Å². The third kappa shape index (κ3) is 5.63. The van der Waals surface area contributed by atoms with Crippen LogP contribution in [0.2, 0.25) is 0 Å². The van der Waals surface area contributed by atoms with E-state index in [-0.39, 0.29) is 31.5 Å². The lowest BCUT2D eigenvalue weighted by atomic mass is 9.98. The number of likely N-dealkylation sites (tertiary alicyclic amines) is 1. The number of hydrogen-bond donors (Lipinski definition) is 1. The second-order valence-electron chi connectivity index (χ2n) is 9.75. The van der Waals surface area contributed by atoms with E-state index < -0.39 is 18.4 Å². The summed E-state index contributed by atoms with van der Waals surface area (Å²) in [6.45, 7) is 7.35. The number of likely N-dealkylation sites (N-methyl/N-ethyl adjacent to an activating group) is 1. The minimum Gasteiger partial charge on any atom is -0.448 e. The molecule has 2 aliphatic rings. The Morgan fingerprint density at radius 3 is 2.28 bits per heavy atom. The lowest BCUT2D eigenvalue weighted by Crippen LogP contribution is -2.52. The number of hydrogen-bond acceptors (Lipinski definition) is 5. The van der Waals surface area contributed by atoms with Crippen LogP contribution in [-0.4, -0.2) is 72.6 Å². The summed E-state index contributed by atoms with van der Waals surface area (Å²) in [5, 5.41) is 10.4. The number of carbonyl (C=O) groups is 2. The molecular formula is C29H36N2O5. The fourth-order valence-corrected chi connectivity index (χ4v) is 5.13. The van der Waals surface area contributed by atoms with Crippen molar-refractivity contribution in [3.63, 3.8) is 0 Å². The SMILES string of the molecule is C=CCOC(O)C[C@@H](C(=O)N1CCC(C)CC1)N(C)C(=O)OCC1c2ccccc2-c2ccccc21. The number of fused-ring (bicyclic) bond motifs is 3. The van der Waals surface area contributed by atoms with Crippen LogP contribution in [0.1, 0.15) is 43.2 Å². The molecule has 1 heterocycles. The molecule has 192 valence electrons. The maximum absolute atomic E-state index is 13.4. The Kier molecular flexibility index (Phi) is 8.44. The average Bonchev–Trinajstić information content (AvgIpc) is 3.22. The maximum Gasteiger partial charge on any atom is 0.410 e. The molecule has 2 amide bonds. The van der Waals surface area contributed by atoms with Gasteiger partial charge >= 0.3 is 6.09 Å². The molecule has 2 aromatic carbocycles. The molecule has 0 bridgehead atoms. The number of rotatable bonds is 9. The third-order valence-corrected chi connectivity index (χ3v) is 7.30. The van der Waals surface area contributed by atoms with E-state index in [0.29, 0.717) is 19.0 Å². The zero-order valence-corrected chi connectivity index (χ0v) is 21.1. The molecule has 36 heavy (non-hydrogen) atoms. The first-order valence-corrected chi connectivity index (χ1v) is 12.7. The Hall–Kier alpha value is -3.16. The molecule has 0 radical (unpaired) electrons. The Labute approximate surface area is 213 Å². The van der Waals surface area contributed by atoms with Gasteiger partial charge in [-0.05, 0) is 41.0 Å². The summed E-state index contributed by atoms with van der Waals surface area (Å²) in [4.78, 5) is 29.7. The number of nitrogens with zero attached hydrogens (tertiary/aromatic N) is 2. The van der Waals surface area contributed by atoms with E-state index in [2.05, 4.69) is 37.8 Å². The summed E-state index contributed by atoms with van der Waals surface area (Å²) in [7, 11) is 1.55. The molecule has 1 aliphatic carbocycles. The molecule has 0 spiro atoms. The van der Waals surface area contributed by atoms with Crippen LogP contribution in [0.5, 0.6) is 0 Å². The fourth-order valence-electron chi connectivity index (χ4n) is 5.13. The normalized spacial score (nSPS) is 17.1. The number of ether oxygens (including phenoxy) is 2. The first-order valence-electron chi connectivity index (χ1n) is 12.7. The lowest BCUT2D eigenvalue weighted by Gasteiger charge is -2.36. The highest BCUT2D eigenvalue weighted by Crippen LogP contribution is 2.44. The van der Waals surface area contributed by atoms with E-state index in [1.807, 2.05) is 24.3 Å². The van der Waals surface area contributed by atoms with Crippen LogP contribution in [0.3, 0.4) is 0 Å². The molecule has 2 atom stereocenters. The van der Waals surface area contributed by atoms with Crippen LogP contribution in [0.15, 0.2) is 61.2 Å². The first kappa shape index (κ1) is 25.9. The van der Waals surface area contributed by atoms with Crippen molar-refractivity contribution in [2.24, 2.45) is 5.92 Å². The van der Waals surface area contributed by atoms with Gasteiger partial charge in [0.25, 0.3) is 0 Å². The van der Waals surface area contributed by atoms with Gasteiger partial charge in [-0.2, -0.15) is 0 Å². The quantitative estimate of drug-likeness (QED) is 0.415. The van der Waals surface area contributed by atoms with Crippen molar-refractivity contribution in [2.75, 3.05) is 33.4 Å². The van der Waals surface area contributed by atoms with Crippen LogP contribution < -0.4 is 0 Å². The van der Waals surface area contributed by atoms with Gasteiger partial charge in [0.2, 0.25) is 5.91 Å². The maximum atomic E-state index is 13.4. The zero-order chi connectivity index (χ0) is 25.7. The van der Waals surface area contributed by atoms with E-state index >= 15 is 0 Å². The lowest BCUT2D eigenvalue weighted by molar-refractivity contribution is -0.145. The highest BCUT2D eigenvalue weighted by molar-refractivity contribution is 5.86. The van der Waals surface area contributed by atoms with Crippen molar-refractivity contribution in [1.29, 1.82) is 0 Å². The molecule has 1 N–H and O–H groups in total. The van der Waals surface area contributed by atoms with Crippen molar-refractivity contribution in [1.82, 2.24) is 9.80 Å². The number of benzene rings is 2.